The van der Waals surface area contributed by atoms with Crippen LogP contribution in [0, 0.1) is 20.8 Å². The van der Waals surface area contributed by atoms with Crippen LogP contribution in [-0.4, -0.2) is 20.7 Å². The fourth-order valence-corrected chi connectivity index (χ4v) is 7.14. The van der Waals surface area contributed by atoms with Gasteiger partial charge in [-0.3, -0.25) is 9.13 Å². The maximum Gasteiger partial charge on any atom is 0.197 e. The number of benzene rings is 5. The average Bonchev–Trinajstić information content (AvgIpc) is 3.66. The number of nitrogens with zero attached hydrogens (tertiary/aromatic N) is 4. The molecule has 0 fully saturated rings. The number of fused-ring (bicyclic) bond motifs is 7. The second-order valence-corrected chi connectivity index (χ2v) is 13.4. The van der Waals surface area contributed by atoms with Gasteiger partial charge in [0.25, 0.3) is 0 Å². The Morgan fingerprint density at radius 2 is 1.25 bits per heavy atom. The molecule has 0 atom stereocenters. The van der Waals surface area contributed by atoms with Crippen molar-refractivity contribution < 1.29 is 4.74 Å². The molecule has 51 heavy (non-hydrogen) atoms. The fourth-order valence-electron chi connectivity index (χ4n) is 7.14. The number of rotatable bonds is 7. The molecule has 5 aromatic carbocycles. The van der Waals surface area contributed by atoms with Gasteiger partial charge in [0.2, 0.25) is 0 Å². The van der Waals surface area contributed by atoms with Gasteiger partial charge in [-0.15, -0.1) is 0 Å². The zero-order valence-electron chi connectivity index (χ0n) is 29.6. The highest BCUT2D eigenvalue weighted by molar-refractivity contribution is 6.19. The Morgan fingerprint density at radius 3 is 2.00 bits per heavy atom. The monoisotopic (exact) mass is 664 g/mol. The summed E-state index contributed by atoms with van der Waals surface area (Å²) in [5.74, 6) is 2.48. The van der Waals surface area contributed by atoms with Crippen molar-refractivity contribution >= 4 is 68.1 Å². The minimum absolute atomic E-state index is 0.523. The van der Waals surface area contributed by atoms with Gasteiger partial charge in [-0.1, -0.05) is 127 Å². The first-order chi connectivity index (χ1) is 24.8. The zero-order valence-corrected chi connectivity index (χ0v) is 29.6. The number of ether oxygens (including phenoxy) is 1. The van der Waals surface area contributed by atoms with Gasteiger partial charge in [0.1, 0.15) is 11.6 Å². The molecule has 0 amide bonds. The van der Waals surface area contributed by atoms with Crippen molar-refractivity contribution in [3.05, 3.63) is 161 Å². The fraction of sp³-hybridized carbons (Fsp3) is 0.130. The molecule has 0 N–H and O–H groups in total. The smallest absolute Gasteiger partial charge is 0.197 e. The number of aromatic nitrogens is 2. The molecule has 1 aliphatic carbocycles. The Labute approximate surface area is 298 Å². The maximum absolute atomic E-state index is 6.56. The molecule has 0 bridgehead atoms. The average molecular weight is 665 g/mol. The summed E-state index contributed by atoms with van der Waals surface area (Å²) in [6, 6.07) is 37.7. The normalized spacial score (nSPS) is 13.3. The molecule has 0 saturated heterocycles. The molecule has 250 valence electrons. The van der Waals surface area contributed by atoms with E-state index < -0.39 is 0 Å². The molecule has 2 heterocycles. The Balaban J connectivity index is 1.40. The van der Waals surface area contributed by atoms with Crippen molar-refractivity contribution in [2.24, 2.45) is 9.98 Å². The summed E-state index contributed by atoms with van der Waals surface area (Å²) in [7, 11) is 0. The molecule has 0 aliphatic heterocycles. The van der Waals surface area contributed by atoms with Gasteiger partial charge in [-0.25, -0.2) is 9.98 Å². The number of hydrogen-bond donors (Lipinski definition) is 0. The molecule has 2 aromatic heterocycles. The molecule has 0 saturated carbocycles. The predicted octanol–water partition coefficient (Wildman–Crippen LogP) is 9.92. The molecule has 8 rings (SSSR count). The van der Waals surface area contributed by atoms with Crippen LogP contribution in [0.5, 0.6) is 5.75 Å². The standard InChI is InChI=1S/C46H40N4O/c1-29-19-23-35(24-20-29)32(4)47-46(36-25-21-30(2)22-26-36)48-33(5)49-41-16-10-8-14-37(41)39-27-28-40-38-15-9-11-17-42(38)50(45(40)44(39)49)34(6)51-43-18-12-7-13-31(43)3/h7,9,11-28H,5-6,8,10H2,1-4H3. The van der Waals surface area contributed by atoms with Crippen molar-refractivity contribution in [1.82, 2.24) is 9.13 Å². The number of aryl methyl sites for hydroxylation is 3. The molecule has 1 aliphatic rings. The molecule has 7 aromatic rings. The highest BCUT2D eigenvalue weighted by atomic mass is 16.5. The van der Waals surface area contributed by atoms with Crippen molar-refractivity contribution in [3.8, 4) is 5.75 Å². The summed E-state index contributed by atoms with van der Waals surface area (Å²) in [6.45, 7) is 17.4. The first-order valence-corrected chi connectivity index (χ1v) is 17.5. The molecule has 0 unspecified atom stereocenters. The number of hydrogen-bond acceptors (Lipinski definition) is 2. The highest BCUT2D eigenvalue weighted by Crippen LogP contribution is 2.37. The molecule has 5 heteroatoms. The van der Waals surface area contributed by atoms with E-state index in [1.165, 1.54) is 16.3 Å². The van der Waals surface area contributed by atoms with Crippen LogP contribution in [0.25, 0.3) is 56.6 Å². The van der Waals surface area contributed by atoms with Crippen LogP contribution in [0.1, 0.15) is 47.6 Å². The molecular weight excluding hydrogens is 625 g/mol. The number of aliphatic imine (C=N–C) groups is 2. The van der Waals surface area contributed by atoms with E-state index in [4.69, 9.17) is 14.7 Å². The van der Waals surface area contributed by atoms with Crippen LogP contribution in [0.15, 0.2) is 132 Å². The van der Waals surface area contributed by atoms with E-state index in [9.17, 15) is 0 Å². The summed E-state index contributed by atoms with van der Waals surface area (Å²) < 4.78 is 10.9. The third kappa shape index (κ3) is 5.71. The molecule has 0 spiro atoms. The van der Waals surface area contributed by atoms with Crippen molar-refractivity contribution in [3.63, 3.8) is 0 Å². The van der Waals surface area contributed by atoms with Gasteiger partial charge in [-0.05, 0) is 70.4 Å². The summed E-state index contributed by atoms with van der Waals surface area (Å²) in [5.41, 5.74) is 9.31. The van der Waals surface area contributed by atoms with Crippen LogP contribution in [0.2, 0.25) is 0 Å². The maximum atomic E-state index is 6.56. The second kappa shape index (κ2) is 12.9. The minimum atomic E-state index is 0.523. The lowest BCUT2D eigenvalue weighted by atomic mass is 10.1. The molecule has 0 radical (unpaired) electrons. The number of para-hydroxylation sites is 2. The van der Waals surface area contributed by atoms with Gasteiger partial charge in [0, 0.05) is 32.7 Å². The lowest BCUT2D eigenvalue weighted by molar-refractivity contribution is 0.484. The summed E-state index contributed by atoms with van der Waals surface area (Å²) >= 11 is 0. The van der Waals surface area contributed by atoms with Crippen LogP contribution < -0.4 is 15.3 Å². The van der Waals surface area contributed by atoms with Crippen molar-refractivity contribution in [1.29, 1.82) is 0 Å². The number of amidine groups is 1. The van der Waals surface area contributed by atoms with Crippen LogP contribution in [0.3, 0.4) is 0 Å². The third-order valence-corrected chi connectivity index (χ3v) is 9.81. The van der Waals surface area contributed by atoms with E-state index in [1.54, 1.807) is 0 Å². The quantitative estimate of drug-likeness (QED) is 0.0951. The predicted molar refractivity (Wildman–Crippen MR) is 216 cm³/mol. The molecule has 5 nitrogen and oxygen atoms in total. The highest BCUT2D eigenvalue weighted by Gasteiger charge is 2.22. The van der Waals surface area contributed by atoms with Gasteiger partial charge in [0.05, 0.1) is 21.9 Å². The van der Waals surface area contributed by atoms with Crippen molar-refractivity contribution in [2.45, 2.75) is 40.5 Å². The lowest BCUT2D eigenvalue weighted by Gasteiger charge is -2.16. The van der Waals surface area contributed by atoms with E-state index in [-0.39, 0.29) is 0 Å². The SMILES string of the molecule is C=C(N=C(N=C(C)c1ccc(C)cc1)c1ccc(C)cc1)n1c2c(c3ccc4c5ccccc5n(C(=C)Oc5ccccc5C)c4c31)=CCCC=2. The molecular formula is C46H40N4O. The first kappa shape index (κ1) is 32.0. The third-order valence-electron chi connectivity index (χ3n) is 9.81. The largest absolute Gasteiger partial charge is 0.441 e. The second-order valence-electron chi connectivity index (χ2n) is 13.4. The van der Waals surface area contributed by atoms with E-state index >= 15 is 0 Å². The van der Waals surface area contributed by atoms with E-state index in [0.29, 0.717) is 17.5 Å². The summed E-state index contributed by atoms with van der Waals surface area (Å²) in [6.07, 6.45) is 6.55. The summed E-state index contributed by atoms with van der Waals surface area (Å²) in [4.78, 5) is 10.4. The van der Waals surface area contributed by atoms with Crippen LogP contribution >= 0.6 is 0 Å². The Bertz CT molecular complexity index is 2720. The minimum Gasteiger partial charge on any atom is -0.441 e. The van der Waals surface area contributed by atoms with E-state index in [0.717, 1.165) is 79.1 Å². The lowest BCUT2D eigenvalue weighted by Crippen LogP contribution is -2.30. The van der Waals surface area contributed by atoms with E-state index in [2.05, 4.69) is 133 Å². The van der Waals surface area contributed by atoms with Crippen LogP contribution in [-0.2, 0) is 0 Å². The Kier molecular flexibility index (Phi) is 8.12. The topological polar surface area (TPSA) is 43.8 Å². The Morgan fingerprint density at radius 1 is 0.627 bits per heavy atom. The van der Waals surface area contributed by atoms with Gasteiger partial charge >= 0.3 is 0 Å². The summed E-state index contributed by atoms with van der Waals surface area (Å²) in [5, 5.41) is 5.63. The Hall–Kier alpha value is -6.20. The van der Waals surface area contributed by atoms with Gasteiger partial charge in [0.15, 0.2) is 11.7 Å². The van der Waals surface area contributed by atoms with Crippen LogP contribution in [0.4, 0.5) is 0 Å². The first-order valence-electron chi connectivity index (χ1n) is 17.5. The zero-order chi connectivity index (χ0) is 35.2. The van der Waals surface area contributed by atoms with Gasteiger partial charge < -0.3 is 4.74 Å². The van der Waals surface area contributed by atoms with E-state index in [1.807, 2.05) is 38.1 Å². The van der Waals surface area contributed by atoms with Gasteiger partial charge in [-0.2, -0.15) is 0 Å². The van der Waals surface area contributed by atoms with Crippen molar-refractivity contribution in [2.75, 3.05) is 0 Å².